The summed E-state index contributed by atoms with van der Waals surface area (Å²) >= 11 is 5.17. The van der Waals surface area contributed by atoms with Crippen molar-refractivity contribution in [1.82, 2.24) is 20.1 Å². The molecule has 0 radical (unpaired) electrons. The molecule has 2 aromatic rings. The van der Waals surface area contributed by atoms with E-state index in [4.69, 9.17) is 12.2 Å². The monoisotopic (exact) mass is 336 g/mol. The molecule has 1 heterocycles. The van der Waals surface area contributed by atoms with Gasteiger partial charge < -0.3 is 10.4 Å². The van der Waals surface area contributed by atoms with Crippen LogP contribution in [-0.4, -0.2) is 25.8 Å². The van der Waals surface area contributed by atoms with Crippen LogP contribution in [0.4, 0.5) is 4.39 Å². The first-order chi connectivity index (χ1) is 10.9. The van der Waals surface area contributed by atoms with E-state index in [1.165, 1.54) is 25.1 Å². The van der Waals surface area contributed by atoms with Crippen molar-refractivity contribution in [2.45, 2.75) is 38.0 Å². The average molecular weight is 336 g/mol. The van der Waals surface area contributed by atoms with Crippen LogP contribution in [0.3, 0.4) is 0 Å². The molecule has 1 aliphatic carbocycles. The summed E-state index contributed by atoms with van der Waals surface area (Å²) < 4.78 is 15.7. The van der Waals surface area contributed by atoms with Crippen molar-refractivity contribution in [2.24, 2.45) is 0 Å². The minimum atomic E-state index is -1.83. The van der Waals surface area contributed by atoms with Crippen molar-refractivity contribution in [2.75, 3.05) is 0 Å². The molecule has 1 atom stereocenters. The molecule has 23 heavy (non-hydrogen) atoms. The van der Waals surface area contributed by atoms with Gasteiger partial charge in [0.15, 0.2) is 16.2 Å². The summed E-state index contributed by atoms with van der Waals surface area (Å²) in [6.45, 7) is 1.46. The number of hydrogen-bond acceptors (Lipinski definition) is 4. The van der Waals surface area contributed by atoms with Crippen molar-refractivity contribution in [3.63, 3.8) is 0 Å². The van der Waals surface area contributed by atoms with Crippen LogP contribution in [0.1, 0.15) is 37.2 Å². The van der Waals surface area contributed by atoms with Gasteiger partial charge in [0.05, 0.1) is 6.54 Å². The van der Waals surface area contributed by atoms with Gasteiger partial charge in [0.1, 0.15) is 5.82 Å². The van der Waals surface area contributed by atoms with Crippen molar-refractivity contribution in [1.29, 1.82) is 0 Å². The summed E-state index contributed by atoms with van der Waals surface area (Å²) in [7, 11) is 0. The number of nitrogens with zero attached hydrogens (tertiary/aromatic N) is 2. The van der Waals surface area contributed by atoms with Crippen LogP contribution in [0.15, 0.2) is 24.3 Å². The van der Waals surface area contributed by atoms with E-state index in [1.807, 2.05) is 4.57 Å². The second-order valence-electron chi connectivity index (χ2n) is 5.81. The minimum Gasteiger partial charge on any atom is -0.376 e. The third-order valence-electron chi connectivity index (χ3n) is 3.93. The molecule has 3 rings (SSSR count). The topological polar surface area (TPSA) is 82.9 Å². The summed E-state index contributed by atoms with van der Waals surface area (Å²) in [5, 5.41) is 19.9. The normalized spacial score (nSPS) is 16.8. The van der Waals surface area contributed by atoms with Gasteiger partial charge >= 0.3 is 0 Å². The van der Waals surface area contributed by atoms with E-state index >= 15 is 0 Å². The Morgan fingerprint density at radius 1 is 1.61 bits per heavy atom. The molecule has 1 fully saturated rings. The molecule has 1 saturated carbocycles. The predicted molar refractivity (Wildman–Crippen MR) is 83.5 cm³/mol. The number of benzene rings is 1. The molecule has 0 spiro atoms. The van der Waals surface area contributed by atoms with E-state index in [-0.39, 0.29) is 12.1 Å². The molecule has 1 amide bonds. The number of halogens is 1. The molecule has 1 aromatic carbocycles. The Hall–Kier alpha value is -2.06. The van der Waals surface area contributed by atoms with Crippen LogP contribution >= 0.6 is 12.2 Å². The lowest BCUT2D eigenvalue weighted by Crippen LogP contribution is -2.42. The molecule has 3 N–H and O–H groups in total. The fourth-order valence-electron chi connectivity index (χ4n) is 2.43. The Morgan fingerprint density at radius 2 is 2.35 bits per heavy atom. The highest BCUT2D eigenvalue weighted by atomic mass is 32.1. The van der Waals surface area contributed by atoms with Gasteiger partial charge in [-0.05, 0) is 49.7 Å². The molecular formula is C15H17FN4O2S. The SMILES string of the molecule is C[C@](O)(C(=O)NCc1n[nH]c(=S)n1C1CC1)c1cccc(F)c1. The number of H-pyrrole nitrogens is 1. The standard InChI is InChI=1S/C15H17FN4O2S/c1-15(22,9-3-2-4-10(16)7-9)13(21)17-8-12-18-19-14(23)20(12)11-5-6-11/h2-4,7,11,22H,5-6,8H2,1H3,(H,17,21)(H,19,23)/t15-/m1/s1. The third kappa shape index (κ3) is 3.18. The first-order valence-electron chi connectivity index (χ1n) is 7.32. The molecule has 8 heteroatoms. The number of aliphatic hydroxyl groups is 1. The van der Waals surface area contributed by atoms with Gasteiger partial charge in [-0.25, -0.2) is 4.39 Å². The van der Waals surface area contributed by atoms with Gasteiger partial charge in [-0.2, -0.15) is 5.10 Å². The fraction of sp³-hybridized carbons (Fsp3) is 0.400. The molecular weight excluding hydrogens is 319 g/mol. The molecule has 0 bridgehead atoms. The summed E-state index contributed by atoms with van der Waals surface area (Å²) in [5.74, 6) is -0.523. The van der Waals surface area contributed by atoms with Gasteiger partial charge in [0, 0.05) is 6.04 Å². The van der Waals surface area contributed by atoms with Crippen molar-refractivity contribution >= 4 is 18.1 Å². The maximum absolute atomic E-state index is 13.3. The smallest absolute Gasteiger partial charge is 0.256 e. The highest BCUT2D eigenvalue weighted by molar-refractivity contribution is 7.71. The van der Waals surface area contributed by atoms with Crippen molar-refractivity contribution in [3.05, 3.63) is 46.2 Å². The number of nitrogens with one attached hydrogen (secondary N) is 2. The number of rotatable bonds is 5. The van der Waals surface area contributed by atoms with E-state index < -0.39 is 17.3 Å². The van der Waals surface area contributed by atoms with Crippen LogP contribution in [0.25, 0.3) is 0 Å². The van der Waals surface area contributed by atoms with Gasteiger partial charge in [0.2, 0.25) is 0 Å². The number of carbonyl (C=O) groups excluding carboxylic acids is 1. The zero-order chi connectivity index (χ0) is 16.6. The lowest BCUT2D eigenvalue weighted by molar-refractivity contribution is -0.139. The number of hydrogen-bond donors (Lipinski definition) is 3. The van der Waals surface area contributed by atoms with Gasteiger partial charge in [-0.3, -0.25) is 14.5 Å². The molecule has 1 aliphatic rings. The Balaban J connectivity index is 1.73. The largest absolute Gasteiger partial charge is 0.376 e. The van der Waals surface area contributed by atoms with E-state index in [0.29, 0.717) is 16.6 Å². The highest BCUT2D eigenvalue weighted by Crippen LogP contribution is 2.35. The minimum absolute atomic E-state index is 0.133. The lowest BCUT2D eigenvalue weighted by atomic mass is 9.95. The van der Waals surface area contributed by atoms with E-state index in [1.54, 1.807) is 0 Å². The number of carbonyl (C=O) groups is 1. The van der Waals surface area contributed by atoms with Crippen molar-refractivity contribution in [3.8, 4) is 0 Å². The maximum atomic E-state index is 13.3. The van der Waals surface area contributed by atoms with Crippen LogP contribution < -0.4 is 5.32 Å². The first kappa shape index (κ1) is 15.8. The average Bonchev–Trinajstić information content (AvgIpc) is 3.28. The second kappa shape index (κ2) is 5.86. The second-order valence-corrected chi connectivity index (χ2v) is 6.20. The zero-order valence-corrected chi connectivity index (χ0v) is 13.4. The molecule has 0 aliphatic heterocycles. The molecule has 122 valence electrons. The zero-order valence-electron chi connectivity index (χ0n) is 12.5. The van der Waals surface area contributed by atoms with Crippen LogP contribution in [0, 0.1) is 10.6 Å². The Labute approximate surface area is 137 Å². The third-order valence-corrected chi connectivity index (χ3v) is 4.21. The molecule has 0 unspecified atom stereocenters. The van der Waals surface area contributed by atoms with Gasteiger partial charge in [-0.1, -0.05) is 12.1 Å². The Kier molecular flexibility index (Phi) is 4.03. The number of aromatic nitrogens is 3. The van der Waals surface area contributed by atoms with E-state index in [0.717, 1.165) is 18.9 Å². The quantitative estimate of drug-likeness (QED) is 0.729. The number of amides is 1. The van der Waals surface area contributed by atoms with Gasteiger partial charge in [-0.15, -0.1) is 0 Å². The van der Waals surface area contributed by atoms with Crippen molar-refractivity contribution < 1.29 is 14.3 Å². The van der Waals surface area contributed by atoms with E-state index in [2.05, 4.69) is 15.5 Å². The molecule has 6 nitrogen and oxygen atoms in total. The number of aromatic amines is 1. The first-order valence-corrected chi connectivity index (χ1v) is 7.73. The predicted octanol–water partition coefficient (Wildman–Crippen LogP) is 1.94. The summed E-state index contributed by atoms with van der Waals surface area (Å²) in [6.07, 6.45) is 2.07. The summed E-state index contributed by atoms with van der Waals surface area (Å²) in [6, 6.07) is 5.68. The summed E-state index contributed by atoms with van der Waals surface area (Å²) in [5.41, 5.74) is -1.64. The molecule has 0 saturated heterocycles. The van der Waals surface area contributed by atoms with Crippen LogP contribution in [0.2, 0.25) is 0 Å². The fourth-order valence-corrected chi connectivity index (χ4v) is 2.73. The van der Waals surface area contributed by atoms with Crippen LogP contribution in [-0.2, 0) is 16.9 Å². The maximum Gasteiger partial charge on any atom is 0.256 e. The molecule has 1 aromatic heterocycles. The Bertz CT molecular complexity index is 795. The summed E-state index contributed by atoms with van der Waals surface area (Å²) in [4.78, 5) is 12.3. The van der Waals surface area contributed by atoms with E-state index in [9.17, 15) is 14.3 Å². The van der Waals surface area contributed by atoms with Gasteiger partial charge in [0.25, 0.3) is 5.91 Å². The Morgan fingerprint density at radius 3 is 3.00 bits per heavy atom. The lowest BCUT2D eigenvalue weighted by Gasteiger charge is -2.22. The highest BCUT2D eigenvalue weighted by Gasteiger charge is 2.33. The van der Waals surface area contributed by atoms with Crippen LogP contribution in [0.5, 0.6) is 0 Å².